The van der Waals surface area contributed by atoms with E-state index in [1.807, 2.05) is 12.1 Å². The average Bonchev–Trinajstić information content (AvgIpc) is 2.45. The minimum Gasteiger partial charge on any atom is -0.461 e. The first kappa shape index (κ1) is 13.2. The number of hydrogen-bond donors (Lipinski definition) is 0. The number of aromatic nitrogens is 1. The molecule has 1 heterocycles. The summed E-state index contributed by atoms with van der Waals surface area (Å²) >= 11 is 0. The number of fused-ring (bicyclic) bond motifs is 1. The minimum atomic E-state index is -0.925. The highest BCUT2D eigenvalue weighted by molar-refractivity contribution is 5.96. The maximum absolute atomic E-state index is 13.9. The van der Waals surface area contributed by atoms with E-state index in [4.69, 9.17) is 0 Å². The number of carbonyl (C=O) groups is 1. The number of nitrogens with zero attached hydrogens (tertiary/aromatic N) is 1. The van der Waals surface area contributed by atoms with Gasteiger partial charge in [-0.2, -0.15) is 4.39 Å². The topological polar surface area (TPSA) is 39.2 Å². The maximum atomic E-state index is 13.9. The van der Waals surface area contributed by atoms with Crippen LogP contribution < -0.4 is 0 Å². The summed E-state index contributed by atoms with van der Waals surface area (Å²) in [6.07, 6.45) is 3.40. The Balaban J connectivity index is 2.43. The van der Waals surface area contributed by atoms with E-state index in [2.05, 4.69) is 9.72 Å². The van der Waals surface area contributed by atoms with Crippen LogP contribution >= 0.6 is 0 Å². The Morgan fingerprint density at radius 2 is 2.11 bits per heavy atom. The molecular weight excluding hydrogens is 245 g/mol. The molecule has 0 radical (unpaired) electrons. The van der Waals surface area contributed by atoms with E-state index in [0.717, 1.165) is 10.8 Å². The van der Waals surface area contributed by atoms with Crippen LogP contribution in [0.15, 0.2) is 42.5 Å². The summed E-state index contributed by atoms with van der Waals surface area (Å²) in [5, 5.41) is 1.92. The monoisotopic (exact) mass is 259 g/mol. The molecule has 0 fully saturated rings. The first-order valence-corrected chi connectivity index (χ1v) is 6.01. The van der Waals surface area contributed by atoms with Crippen LogP contribution in [0.4, 0.5) is 4.39 Å². The molecule has 0 aliphatic rings. The van der Waals surface area contributed by atoms with Gasteiger partial charge in [0.05, 0.1) is 6.61 Å². The highest BCUT2D eigenvalue weighted by Gasteiger charge is 2.14. The number of esters is 1. The lowest BCUT2D eigenvalue weighted by Gasteiger charge is -2.06. The molecule has 1 aromatic carbocycles. The molecule has 2 rings (SSSR count). The Bertz CT molecular complexity index is 649. The van der Waals surface area contributed by atoms with Crippen LogP contribution in [0.3, 0.4) is 0 Å². The van der Waals surface area contributed by atoms with Gasteiger partial charge in [-0.1, -0.05) is 12.1 Å². The van der Waals surface area contributed by atoms with Crippen molar-refractivity contribution < 1.29 is 13.9 Å². The lowest BCUT2D eigenvalue weighted by Crippen LogP contribution is -2.05. The second kappa shape index (κ2) is 5.61. The van der Waals surface area contributed by atoms with E-state index in [1.165, 1.54) is 0 Å². The third-order valence-electron chi connectivity index (χ3n) is 2.86. The summed E-state index contributed by atoms with van der Waals surface area (Å²) < 4.78 is 18.5. The lowest BCUT2D eigenvalue weighted by atomic mass is 10.0. The molecule has 0 N–H and O–H groups in total. The molecule has 0 aliphatic carbocycles. The van der Waals surface area contributed by atoms with E-state index in [0.29, 0.717) is 5.56 Å². The highest BCUT2D eigenvalue weighted by atomic mass is 19.1. The first-order chi connectivity index (χ1) is 9.13. The van der Waals surface area contributed by atoms with Gasteiger partial charge in [-0.15, -0.1) is 0 Å². The Kier molecular flexibility index (Phi) is 3.90. The van der Waals surface area contributed by atoms with Crippen molar-refractivity contribution in [2.24, 2.45) is 0 Å². The molecule has 0 atom stereocenters. The summed E-state index contributed by atoms with van der Waals surface area (Å²) in [7, 11) is 0. The number of halogens is 1. The van der Waals surface area contributed by atoms with Gasteiger partial charge in [0.2, 0.25) is 5.83 Å². The molecule has 1 aromatic heterocycles. The van der Waals surface area contributed by atoms with Crippen molar-refractivity contribution in [2.45, 2.75) is 13.8 Å². The fourth-order valence-electron chi connectivity index (χ4n) is 1.79. The zero-order valence-corrected chi connectivity index (χ0v) is 10.8. The molecule has 0 bridgehead atoms. The standard InChI is InChI=1S/C15H14FNO2/c1-3-19-15(18)14(16)10(2)12-5-4-11-6-7-17-9-13(11)8-12/h4-9H,3H2,1-2H3/b14-10-. The van der Waals surface area contributed by atoms with Gasteiger partial charge in [0.1, 0.15) is 0 Å². The van der Waals surface area contributed by atoms with E-state index < -0.39 is 11.8 Å². The SMILES string of the molecule is CCOC(=O)/C(F)=C(\C)c1ccc2ccncc2c1. The Morgan fingerprint density at radius 1 is 1.32 bits per heavy atom. The lowest BCUT2D eigenvalue weighted by molar-refractivity contribution is -0.140. The van der Waals surface area contributed by atoms with Crippen LogP contribution in [-0.4, -0.2) is 17.6 Å². The average molecular weight is 259 g/mol. The summed E-state index contributed by atoms with van der Waals surface area (Å²) in [5.41, 5.74) is 0.912. The van der Waals surface area contributed by atoms with Gasteiger partial charge in [0.25, 0.3) is 0 Å². The zero-order chi connectivity index (χ0) is 13.8. The summed E-state index contributed by atoms with van der Waals surface area (Å²) in [4.78, 5) is 15.4. The van der Waals surface area contributed by atoms with Gasteiger partial charge < -0.3 is 4.74 Å². The number of benzene rings is 1. The van der Waals surface area contributed by atoms with E-state index >= 15 is 0 Å². The zero-order valence-electron chi connectivity index (χ0n) is 10.8. The van der Waals surface area contributed by atoms with Crippen LogP contribution in [0.1, 0.15) is 19.4 Å². The third kappa shape index (κ3) is 2.78. The normalized spacial score (nSPS) is 12.2. The number of carbonyl (C=O) groups excluding carboxylic acids is 1. The van der Waals surface area contributed by atoms with Crippen LogP contribution in [0.5, 0.6) is 0 Å². The Hall–Kier alpha value is -2.23. The first-order valence-electron chi connectivity index (χ1n) is 6.01. The molecule has 3 nitrogen and oxygen atoms in total. The van der Waals surface area contributed by atoms with Crippen LogP contribution in [0.2, 0.25) is 0 Å². The van der Waals surface area contributed by atoms with Gasteiger partial charge in [0.15, 0.2) is 0 Å². The molecule has 0 saturated carbocycles. The number of ether oxygens (including phenoxy) is 1. The van der Waals surface area contributed by atoms with Gasteiger partial charge in [-0.05, 0) is 42.5 Å². The third-order valence-corrected chi connectivity index (χ3v) is 2.86. The van der Waals surface area contributed by atoms with Gasteiger partial charge in [-0.25, -0.2) is 4.79 Å². The van der Waals surface area contributed by atoms with Crippen molar-refractivity contribution in [3.63, 3.8) is 0 Å². The molecule has 98 valence electrons. The molecule has 4 heteroatoms. The molecule has 0 spiro atoms. The van der Waals surface area contributed by atoms with E-state index in [-0.39, 0.29) is 12.2 Å². The van der Waals surface area contributed by atoms with Gasteiger partial charge in [0, 0.05) is 17.8 Å². The molecular formula is C15H14FNO2. The predicted molar refractivity (Wildman–Crippen MR) is 72.1 cm³/mol. The summed E-state index contributed by atoms with van der Waals surface area (Å²) in [6.45, 7) is 3.35. The van der Waals surface area contributed by atoms with Crippen LogP contribution in [-0.2, 0) is 9.53 Å². The number of allylic oxidation sites excluding steroid dienone is 1. The maximum Gasteiger partial charge on any atom is 0.367 e. The van der Waals surface area contributed by atoms with Crippen molar-refractivity contribution in [2.75, 3.05) is 6.61 Å². The number of hydrogen-bond acceptors (Lipinski definition) is 3. The second-order valence-electron chi connectivity index (χ2n) is 4.10. The van der Waals surface area contributed by atoms with Crippen molar-refractivity contribution >= 4 is 22.3 Å². The molecule has 0 aliphatic heterocycles. The van der Waals surface area contributed by atoms with Gasteiger partial charge in [-0.3, -0.25) is 4.98 Å². The van der Waals surface area contributed by atoms with E-state index in [1.54, 1.807) is 38.4 Å². The van der Waals surface area contributed by atoms with Gasteiger partial charge >= 0.3 is 5.97 Å². The largest absolute Gasteiger partial charge is 0.461 e. The predicted octanol–water partition coefficient (Wildman–Crippen LogP) is 3.50. The van der Waals surface area contributed by atoms with Crippen LogP contribution in [0, 0.1) is 0 Å². The van der Waals surface area contributed by atoms with Crippen LogP contribution in [0.25, 0.3) is 16.3 Å². The number of pyridine rings is 1. The molecule has 0 saturated heterocycles. The molecule has 0 amide bonds. The highest BCUT2D eigenvalue weighted by Crippen LogP contribution is 2.24. The fraction of sp³-hybridized carbons (Fsp3) is 0.200. The van der Waals surface area contributed by atoms with Crippen molar-refractivity contribution in [1.82, 2.24) is 4.98 Å². The fourth-order valence-corrected chi connectivity index (χ4v) is 1.79. The Labute approximate surface area is 110 Å². The summed E-state index contributed by atoms with van der Waals surface area (Å²) in [5.74, 6) is -1.78. The quantitative estimate of drug-likeness (QED) is 0.625. The van der Waals surface area contributed by atoms with E-state index in [9.17, 15) is 9.18 Å². The number of rotatable bonds is 3. The minimum absolute atomic E-state index is 0.154. The van der Waals surface area contributed by atoms with Crippen molar-refractivity contribution in [3.8, 4) is 0 Å². The van der Waals surface area contributed by atoms with Crippen molar-refractivity contribution in [3.05, 3.63) is 48.0 Å². The summed E-state index contributed by atoms with van der Waals surface area (Å²) in [6, 6.07) is 7.32. The van der Waals surface area contributed by atoms with Crippen molar-refractivity contribution in [1.29, 1.82) is 0 Å². The molecule has 2 aromatic rings. The molecule has 0 unspecified atom stereocenters. The molecule has 19 heavy (non-hydrogen) atoms. The second-order valence-corrected chi connectivity index (χ2v) is 4.10. The Morgan fingerprint density at radius 3 is 2.84 bits per heavy atom. The smallest absolute Gasteiger partial charge is 0.367 e.